The Morgan fingerprint density at radius 1 is 1.42 bits per heavy atom. The molecule has 0 aromatic carbocycles. The Morgan fingerprint density at radius 2 is 2.25 bits per heavy atom. The summed E-state index contributed by atoms with van der Waals surface area (Å²) in [5.74, 6) is 0. The minimum absolute atomic E-state index is 0.418. The predicted octanol–water partition coefficient (Wildman–Crippen LogP) is 3.87. The maximum atomic E-state index is 2.35. The summed E-state index contributed by atoms with van der Waals surface area (Å²) in [6.07, 6.45) is 17.0. The molecule has 0 heteroatoms. The third-order valence-electron chi connectivity index (χ3n) is 2.69. The van der Waals surface area contributed by atoms with Gasteiger partial charge < -0.3 is 0 Å². The SMILES string of the molecule is CC=CCC1(CC)C=CC=CC1. The molecule has 0 bridgehead atoms. The molecule has 0 saturated carbocycles. The Hall–Kier alpha value is -0.780. The minimum atomic E-state index is 0.418. The average Bonchev–Trinajstić information content (AvgIpc) is 2.16. The van der Waals surface area contributed by atoms with Crippen molar-refractivity contribution in [1.29, 1.82) is 0 Å². The van der Waals surface area contributed by atoms with Gasteiger partial charge in [-0.25, -0.2) is 0 Å². The molecule has 1 rings (SSSR count). The van der Waals surface area contributed by atoms with Crippen LogP contribution in [-0.2, 0) is 0 Å². The maximum absolute atomic E-state index is 2.35. The zero-order valence-electron chi connectivity index (χ0n) is 8.09. The molecule has 1 aliphatic carbocycles. The highest BCUT2D eigenvalue weighted by molar-refractivity contribution is 5.17. The van der Waals surface area contributed by atoms with Crippen molar-refractivity contribution in [3.63, 3.8) is 0 Å². The van der Waals surface area contributed by atoms with Gasteiger partial charge in [0.05, 0.1) is 0 Å². The molecule has 0 N–H and O–H groups in total. The summed E-state index contributed by atoms with van der Waals surface area (Å²) in [6.45, 7) is 4.36. The van der Waals surface area contributed by atoms with E-state index in [4.69, 9.17) is 0 Å². The Balaban J connectivity index is 2.63. The van der Waals surface area contributed by atoms with Crippen LogP contribution in [0.2, 0.25) is 0 Å². The largest absolute Gasteiger partial charge is 0.0916 e. The predicted molar refractivity (Wildman–Crippen MR) is 55.1 cm³/mol. The highest BCUT2D eigenvalue weighted by atomic mass is 14.3. The summed E-state index contributed by atoms with van der Waals surface area (Å²) in [6, 6.07) is 0. The van der Waals surface area contributed by atoms with E-state index in [0.29, 0.717) is 5.41 Å². The number of hydrogen-bond acceptors (Lipinski definition) is 0. The van der Waals surface area contributed by atoms with Gasteiger partial charge in [-0.1, -0.05) is 43.4 Å². The molecule has 0 nitrogen and oxygen atoms in total. The minimum Gasteiger partial charge on any atom is -0.0916 e. The summed E-state index contributed by atoms with van der Waals surface area (Å²) in [7, 11) is 0. The van der Waals surface area contributed by atoms with Crippen LogP contribution in [0.5, 0.6) is 0 Å². The molecular formula is C12H18. The topological polar surface area (TPSA) is 0 Å². The van der Waals surface area contributed by atoms with E-state index in [1.54, 1.807) is 0 Å². The maximum Gasteiger partial charge on any atom is -0.00487 e. The Labute approximate surface area is 75.7 Å². The summed E-state index contributed by atoms with van der Waals surface area (Å²) in [5.41, 5.74) is 0.418. The van der Waals surface area contributed by atoms with Crippen molar-refractivity contribution in [3.8, 4) is 0 Å². The van der Waals surface area contributed by atoms with Crippen molar-refractivity contribution >= 4 is 0 Å². The number of allylic oxidation sites excluding steroid dienone is 6. The molecule has 0 aromatic heterocycles. The molecule has 1 aliphatic rings. The van der Waals surface area contributed by atoms with E-state index in [9.17, 15) is 0 Å². The molecule has 1 unspecified atom stereocenters. The quantitative estimate of drug-likeness (QED) is 0.553. The Morgan fingerprint density at radius 3 is 2.75 bits per heavy atom. The van der Waals surface area contributed by atoms with E-state index in [-0.39, 0.29) is 0 Å². The first-order valence-corrected chi connectivity index (χ1v) is 4.78. The first-order chi connectivity index (χ1) is 5.83. The van der Waals surface area contributed by atoms with Crippen LogP contribution in [0.4, 0.5) is 0 Å². The third-order valence-corrected chi connectivity index (χ3v) is 2.69. The van der Waals surface area contributed by atoms with Crippen LogP contribution < -0.4 is 0 Å². The van der Waals surface area contributed by atoms with Crippen molar-refractivity contribution in [1.82, 2.24) is 0 Å². The molecule has 0 aliphatic heterocycles. The third kappa shape index (κ3) is 2.10. The fourth-order valence-corrected chi connectivity index (χ4v) is 1.62. The summed E-state index contributed by atoms with van der Waals surface area (Å²) >= 11 is 0. The highest BCUT2D eigenvalue weighted by Gasteiger charge is 2.22. The van der Waals surface area contributed by atoms with Crippen molar-refractivity contribution in [2.75, 3.05) is 0 Å². The van der Waals surface area contributed by atoms with Crippen LogP contribution in [-0.4, -0.2) is 0 Å². The monoisotopic (exact) mass is 162 g/mol. The van der Waals surface area contributed by atoms with Gasteiger partial charge >= 0.3 is 0 Å². The second-order valence-electron chi connectivity index (χ2n) is 3.48. The van der Waals surface area contributed by atoms with Crippen LogP contribution in [0.25, 0.3) is 0 Å². The number of hydrogen-bond donors (Lipinski definition) is 0. The summed E-state index contributed by atoms with van der Waals surface area (Å²) in [4.78, 5) is 0. The standard InChI is InChI=1S/C12H18/c1-3-5-9-12(4-2)10-7-6-8-11-12/h3,5-8,10H,4,9,11H2,1-2H3. The van der Waals surface area contributed by atoms with Gasteiger partial charge in [-0.3, -0.25) is 0 Å². The second-order valence-corrected chi connectivity index (χ2v) is 3.48. The normalized spacial score (nSPS) is 28.5. The average molecular weight is 162 g/mol. The summed E-state index contributed by atoms with van der Waals surface area (Å²) < 4.78 is 0. The Bertz CT molecular complexity index is 208. The second kappa shape index (κ2) is 4.30. The first-order valence-electron chi connectivity index (χ1n) is 4.78. The lowest BCUT2D eigenvalue weighted by Gasteiger charge is -2.28. The van der Waals surface area contributed by atoms with Crippen LogP contribution in [0.15, 0.2) is 36.5 Å². The van der Waals surface area contributed by atoms with Gasteiger partial charge in [-0.15, -0.1) is 0 Å². The van der Waals surface area contributed by atoms with Gasteiger partial charge in [-0.05, 0) is 31.6 Å². The molecule has 0 aromatic rings. The highest BCUT2D eigenvalue weighted by Crippen LogP contribution is 2.35. The molecule has 0 saturated heterocycles. The summed E-state index contributed by atoms with van der Waals surface area (Å²) in [5, 5.41) is 0. The fraction of sp³-hybridized carbons (Fsp3) is 0.500. The zero-order chi connectivity index (χ0) is 8.86. The van der Waals surface area contributed by atoms with Crippen LogP contribution in [0, 0.1) is 5.41 Å². The van der Waals surface area contributed by atoms with Crippen molar-refractivity contribution in [2.45, 2.75) is 33.1 Å². The van der Waals surface area contributed by atoms with Gasteiger partial charge in [0.1, 0.15) is 0 Å². The lowest BCUT2D eigenvalue weighted by Crippen LogP contribution is -2.16. The molecule has 66 valence electrons. The van der Waals surface area contributed by atoms with Gasteiger partial charge in [0.2, 0.25) is 0 Å². The van der Waals surface area contributed by atoms with Gasteiger partial charge in [0.15, 0.2) is 0 Å². The van der Waals surface area contributed by atoms with Crippen LogP contribution in [0.1, 0.15) is 33.1 Å². The lowest BCUT2D eigenvalue weighted by atomic mass is 9.76. The molecular weight excluding hydrogens is 144 g/mol. The lowest BCUT2D eigenvalue weighted by molar-refractivity contribution is 0.373. The molecule has 0 fully saturated rings. The van der Waals surface area contributed by atoms with Crippen molar-refractivity contribution < 1.29 is 0 Å². The van der Waals surface area contributed by atoms with Crippen molar-refractivity contribution in [2.24, 2.45) is 5.41 Å². The van der Waals surface area contributed by atoms with E-state index in [1.807, 2.05) is 0 Å². The number of rotatable bonds is 3. The fourth-order valence-electron chi connectivity index (χ4n) is 1.62. The van der Waals surface area contributed by atoms with E-state index in [2.05, 4.69) is 50.3 Å². The van der Waals surface area contributed by atoms with Crippen LogP contribution in [0.3, 0.4) is 0 Å². The van der Waals surface area contributed by atoms with E-state index < -0.39 is 0 Å². The van der Waals surface area contributed by atoms with E-state index in [0.717, 1.165) is 0 Å². The van der Waals surface area contributed by atoms with Gasteiger partial charge in [-0.2, -0.15) is 0 Å². The zero-order valence-corrected chi connectivity index (χ0v) is 8.09. The van der Waals surface area contributed by atoms with Gasteiger partial charge in [0.25, 0.3) is 0 Å². The smallest absolute Gasteiger partial charge is 0.00487 e. The molecule has 1 atom stereocenters. The molecule has 0 radical (unpaired) electrons. The molecule has 0 amide bonds. The van der Waals surface area contributed by atoms with E-state index >= 15 is 0 Å². The van der Waals surface area contributed by atoms with Crippen molar-refractivity contribution in [3.05, 3.63) is 36.5 Å². The first kappa shape index (κ1) is 9.31. The van der Waals surface area contributed by atoms with E-state index in [1.165, 1.54) is 19.3 Å². The molecule has 12 heavy (non-hydrogen) atoms. The van der Waals surface area contributed by atoms with Gasteiger partial charge in [0, 0.05) is 0 Å². The van der Waals surface area contributed by atoms with Crippen LogP contribution >= 0.6 is 0 Å². The molecule has 0 heterocycles. The molecule has 0 spiro atoms. The Kier molecular flexibility index (Phi) is 3.33.